The molecule has 5 nitrogen and oxygen atoms in total. The van der Waals surface area contributed by atoms with Crippen molar-refractivity contribution in [3.05, 3.63) is 51.9 Å². The molecule has 0 aliphatic carbocycles. The van der Waals surface area contributed by atoms with Crippen LogP contribution >= 0.6 is 23.6 Å². The minimum atomic E-state index is -0.601. The van der Waals surface area contributed by atoms with E-state index < -0.39 is 11.9 Å². The molecular formula is C16H15FN4OS2. The first-order valence-electron chi connectivity index (χ1n) is 7.25. The van der Waals surface area contributed by atoms with Crippen molar-refractivity contribution in [1.29, 1.82) is 0 Å². The smallest absolute Gasteiger partial charge is 0.247 e. The Morgan fingerprint density at radius 1 is 1.46 bits per heavy atom. The summed E-state index contributed by atoms with van der Waals surface area (Å²) < 4.78 is 15.4. The predicted octanol–water partition coefficient (Wildman–Crippen LogP) is 4.32. The summed E-state index contributed by atoms with van der Waals surface area (Å²) >= 11 is 6.77. The standard InChI is InChI=1S/C16H15FN4OS2/c1-9-5-6-11(17)8-12(9)18-15(22)10(2)21-14(19-20-16(21)23)13-4-3-7-24-13/h3-8,10H,1-2H3,(H,18,22)(H,20,23)/t10-/m1/s1. The Balaban J connectivity index is 1.91. The number of benzene rings is 1. The number of aromatic nitrogens is 3. The first kappa shape index (κ1) is 16.5. The summed E-state index contributed by atoms with van der Waals surface area (Å²) in [6, 6.07) is 7.49. The number of carbonyl (C=O) groups is 1. The molecule has 8 heteroatoms. The Hall–Kier alpha value is -2.32. The molecule has 124 valence electrons. The average Bonchev–Trinajstić information content (AvgIpc) is 3.19. The number of amides is 1. The van der Waals surface area contributed by atoms with E-state index in [-0.39, 0.29) is 5.91 Å². The largest absolute Gasteiger partial charge is 0.324 e. The van der Waals surface area contributed by atoms with Crippen molar-refractivity contribution < 1.29 is 9.18 Å². The number of nitrogens with zero attached hydrogens (tertiary/aromatic N) is 2. The monoisotopic (exact) mass is 362 g/mol. The van der Waals surface area contributed by atoms with Gasteiger partial charge in [0, 0.05) is 5.69 Å². The van der Waals surface area contributed by atoms with E-state index in [2.05, 4.69) is 15.5 Å². The predicted molar refractivity (Wildman–Crippen MR) is 95.2 cm³/mol. The van der Waals surface area contributed by atoms with Gasteiger partial charge in [-0.1, -0.05) is 12.1 Å². The van der Waals surface area contributed by atoms with E-state index in [0.717, 1.165) is 10.4 Å². The van der Waals surface area contributed by atoms with Gasteiger partial charge in [-0.25, -0.2) is 4.39 Å². The second kappa shape index (κ2) is 6.66. The highest BCUT2D eigenvalue weighted by molar-refractivity contribution is 7.71. The maximum absolute atomic E-state index is 13.4. The van der Waals surface area contributed by atoms with E-state index in [1.807, 2.05) is 17.5 Å². The first-order chi connectivity index (χ1) is 11.5. The van der Waals surface area contributed by atoms with Gasteiger partial charge >= 0.3 is 0 Å². The quantitative estimate of drug-likeness (QED) is 0.680. The molecule has 1 amide bonds. The fourth-order valence-corrected chi connectivity index (χ4v) is 3.33. The van der Waals surface area contributed by atoms with Crippen molar-refractivity contribution in [1.82, 2.24) is 14.8 Å². The second-order valence-corrected chi connectivity index (χ2v) is 6.66. The van der Waals surface area contributed by atoms with Crippen LogP contribution in [0.4, 0.5) is 10.1 Å². The maximum atomic E-state index is 13.4. The minimum absolute atomic E-state index is 0.293. The van der Waals surface area contributed by atoms with Crippen LogP contribution in [0.1, 0.15) is 18.5 Å². The Morgan fingerprint density at radius 2 is 2.25 bits per heavy atom. The van der Waals surface area contributed by atoms with Crippen LogP contribution in [0.2, 0.25) is 0 Å². The summed E-state index contributed by atoms with van der Waals surface area (Å²) in [6.07, 6.45) is 0. The van der Waals surface area contributed by atoms with E-state index in [9.17, 15) is 9.18 Å². The summed E-state index contributed by atoms with van der Waals surface area (Å²) in [4.78, 5) is 13.5. The maximum Gasteiger partial charge on any atom is 0.247 e. The van der Waals surface area contributed by atoms with Crippen molar-refractivity contribution >= 4 is 35.1 Å². The van der Waals surface area contributed by atoms with E-state index in [1.54, 1.807) is 24.5 Å². The van der Waals surface area contributed by atoms with Crippen LogP contribution in [0.3, 0.4) is 0 Å². The van der Waals surface area contributed by atoms with Crippen molar-refractivity contribution in [3.8, 4) is 10.7 Å². The molecule has 0 saturated carbocycles. The van der Waals surface area contributed by atoms with Gasteiger partial charge in [-0.15, -0.1) is 11.3 Å². The number of H-pyrrole nitrogens is 1. The zero-order chi connectivity index (χ0) is 17.3. The van der Waals surface area contributed by atoms with Gasteiger partial charge in [0.15, 0.2) is 10.6 Å². The number of aromatic amines is 1. The van der Waals surface area contributed by atoms with Gasteiger partial charge < -0.3 is 5.32 Å². The number of thiophene rings is 1. The molecule has 3 aromatic rings. The van der Waals surface area contributed by atoms with Crippen molar-refractivity contribution in [2.45, 2.75) is 19.9 Å². The molecule has 0 radical (unpaired) electrons. The number of halogens is 1. The SMILES string of the molecule is Cc1ccc(F)cc1NC(=O)[C@@H](C)n1c(-c2cccs2)n[nH]c1=S. The molecule has 1 atom stereocenters. The van der Waals surface area contributed by atoms with Crippen LogP contribution in [-0.4, -0.2) is 20.7 Å². The van der Waals surface area contributed by atoms with Crippen molar-refractivity contribution in [2.75, 3.05) is 5.32 Å². The molecule has 2 heterocycles. The topological polar surface area (TPSA) is 62.7 Å². The lowest BCUT2D eigenvalue weighted by Crippen LogP contribution is -2.24. The molecule has 24 heavy (non-hydrogen) atoms. The molecule has 0 saturated heterocycles. The molecule has 0 aliphatic heterocycles. The lowest BCUT2D eigenvalue weighted by molar-refractivity contribution is -0.118. The van der Waals surface area contributed by atoms with Crippen LogP contribution in [0.15, 0.2) is 35.7 Å². The zero-order valence-electron chi connectivity index (χ0n) is 13.0. The van der Waals surface area contributed by atoms with Gasteiger partial charge in [0.05, 0.1) is 4.88 Å². The highest BCUT2D eigenvalue weighted by Crippen LogP contribution is 2.26. The van der Waals surface area contributed by atoms with E-state index in [4.69, 9.17) is 12.2 Å². The molecule has 0 spiro atoms. The van der Waals surface area contributed by atoms with Crippen LogP contribution in [-0.2, 0) is 4.79 Å². The Kier molecular flexibility index (Phi) is 4.59. The molecule has 2 aromatic heterocycles. The molecule has 0 aliphatic rings. The first-order valence-corrected chi connectivity index (χ1v) is 8.54. The van der Waals surface area contributed by atoms with E-state index in [1.165, 1.54) is 23.5 Å². The molecule has 3 rings (SSSR count). The molecule has 0 fully saturated rings. The van der Waals surface area contributed by atoms with E-state index >= 15 is 0 Å². The normalized spacial score (nSPS) is 12.1. The van der Waals surface area contributed by atoms with Gasteiger partial charge in [-0.05, 0) is 55.2 Å². The number of aryl methyl sites for hydroxylation is 1. The van der Waals surface area contributed by atoms with Crippen molar-refractivity contribution in [3.63, 3.8) is 0 Å². The summed E-state index contributed by atoms with van der Waals surface area (Å²) in [5, 5.41) is 11.6. The fourth-order valence-electron chi connectivity index (χ4n) is 2.33. The lowest BCUT2D eigenvalue weighted by Gasteiger charge is -2.16. The lowest BCUT2D eigenvalue weighted by atomic mass is 10.2. The summed E-state index contributed by atoms with van der Waals surface area (Å²) in [5.74, 6) is -0.0876. The van der Waals surface area contributed by atoms with Crippen molar-refractivity contribution in [2.24, 2.45) is 0 Å². The third-order valence-electron chi connectivity index (χ3n) is 3.67. The van der Waals surface area contributed by atoms with Gasteiger partial charge in [0.2, 0.25) is 5.91 Å². The van der Waals surface area contributed by atoms with Crippen LogP contribution in [0, 0.1) is 17.5 Å². The Morgan fingerprint density at radius 3 is 2.96 bits per heavy atom. The van der Waals surface area contributed by atoms with Crippen LogP contribution in [0.5, 0.6) is 0 Å². The summed E-state index contributed by atoms with van der Waals surface area (Å²) in [5.41, 5.74) is 1.23. The molecular weight excluding hydrogens is 347 g/mol. The Bertz CT molecular complexity index is 930. The zero-order valence-corrected chi connectivity index (χ0v) is 14.7. The fraction of sp³-hybridized carbons (Fsp3) is 0.188. The average molecular weight is 362 g/mol. The molecule has 0 bridgehead atoms. The summed E-state index contributed by atoms with van der Waals surface area (Å²) in [7, 11) is 0. The number of hydrogen-bond donors (Lipinski definition) is 2. The highest BCUT2D eigenvalue weighted by Gasteiger charge is 2.22. The number of anilines is 1. The van der Waals surface area contributed by atoms with Crippen LogP contribution < -0.4 is 5.32 Å². The van der Waals surface area contributed by atoms with Gasteiger partial charge in [0.1, 0.15) is 11.9 Å². The third kappa shape index (κ3) is 3.15. The molecule has 1 aromatic carbocycles. The van der Waals surface area contributed by atoms with Crippen LogP contribution in [0.25, 0.3) is 10.7 Å². The Labute approximate surface area is 147 Å². The minimum Gasteiger partial charge on any atom is -0.324 e. The number of nitrogens with one attached hydrogen (secondary N) is 2. The van der Waals surface area contributed by atoms with E-state index in [0.29, 0.717) is 16.3 Å². The third-order valence-corrected chi connectivity index (χ3v) is 4.82. The van der Waals surface area contributed by atoms with Gasteiger partial charge in [0.25, 0.3) is 0 Å². The number of rotatable bonds is 4. The van der Waals surface area contributed by atoms with Gasteiger partial charge in [-0.2, -0.15) is 5.10 Å². The second-order valence-electron chi connectivity index (χ2n) is 5.32. The molecule has 2 N–H and O–H groups in total. The molecule has 0 unspecified atom stereocenters. The highest BCUT2D eigenvalue weighted by atomic mass is 32.1. The number of hydrogen-bond acceptors (Lipinski definition) is 4. The summed E-state index contributed by atoms with van der Waals surface area (Å²) in [6.45, 7) is 3.53. The van der Waals surface area contributed by atoms with Gasteiger partial charge in [-0.3, -0.25) is 14.5 Å². The number of carbonyl (C=O) groups excluding carboxylic acids is 1.